The third kappa shape index (κ3) is 4.42. The molecule has 11 aromatic rings. The van der Waals surface area contributed by atoms with Gasteiger partial charge in [-0.1, -0.05) is 84.9 Å². The fourth-order valence-electron chi connectivity index (χ4n) is 8.96. The van der Waals surface area contributed by atoms with Crippen LogP contribution in [0, 0.1) is 0 Å². The molecule has 0 atom stereocenters. The van der Waals surface area contributed by atoms with Crippen molar-refractivity contribution in [2.24, 2.45) is 0 Å². The zero-order valence-corrected chi connectivity index (χ0v) is 30.0. The van der Waals surface area contributed by atoms with Gasteiger partial charge in [0.2, 0.25) is 0 Å². The van der Waals surface area contributed by atoms with E-state index >= 15 is 0 Å². The van der Waals surface area contributed by atoms with E-state index in [9.17, 15) is 10.2 Å². The number of benzene rings is 10. The largest absolute Gasteiger partial charge is 0.456 e. The molecule has 0 saturated carbocycles. The second-order valence-corrected chi connectivity index (χ2v) is 16.0. The summed E-state index contributed by atoms with van der Waals surface area (Å²) in [5.41, 5.74) is 6.33. The van der Waals surface area contributed by atoms with Gasteiger partial charge >= 0.3 is 0 Å². The summed E-state index contributed by atoms with van der Waals surface area (Å²) in [5, 5.41) is 38.1. The van der Waals surface area contributed by atoms with E-state index in [2.05, 4.69) is 133 Å². The first-order chi connectivity index (χ1) is 25.5. The van der Waals surface area contributed by atoms with Crippen LogP contribution in [0.25, 0.3) is 109 Å². The van der Waals surface area contributed by atoms with Crippen LogP contribution in [0.4, 0.5) is 0 Å². The Morgan fingerprint density at radius 1 is 0.358 bits per heavy atom. The van der Waals surface area contributed by atoms with Crippen molar-refractivity contribution in [2.45, 2.75) is 38.9 Å². The molecule has 2 N–H and O–H groups in total. The first-order valence-corrected chi connectivity index (χ1v) is 18.4. The fourth-order valence-corrected chi connectivity index (χ4v) is 8.96. The van der Waals surface area contributed by atoms with Gasteiger partial charge in [0.25, 0.3) is 0 Å². The summed E-state index contributed by atoms with van der Waals surface area (Å²) < 4.78 is 6.67. The van der Waals surface area contributed by atoms with E-state index in [0.29, 0.717) is 0 Å². The van der Waals surface area contributed by atoms with Crippen molar-refractivity contribution < 1.29 is 14.6 Å². The summed E-state index contributed by atoms with van der Waals surface area (Å²) in [6.07, 6.45) is 0. The normalized spacial score (nSPS) is 13.1. The van der Waals surface area contributed by atoms with Crippen LogP contribution in [0.5, 0.6) is 0 Å². The average molecular weight is 685 g/mol. The first kappa shape index (κ1) is 30.6. The molecule has 0 aliphatic rings. The fraction of sp³-hybridized carbons (Fsp3) is 0.120. The minimum atomic E-state index is -0.913. The van der Waals surface area contributed by atoms with Crippen LogP contribution < -0.4 is 0 Å². The molecule has 3 nitrogen and oxygen atoms in total. The van der Waals surface area contributed by atoms with Crippen LogP contribution in [0.3, 0.4) is 0 Å². The molecule has 3 heteroatoms. The van der Waals surface area contributed by atoms with Gasteiger partial charge in [-0.05, 0) is 174 Å². The Kier molecular flexibility index (Phi) is 5.96. The van der Waals surface area contributed by atoms with Crippen molar-refractivity contribution in [2.75, 3.05) is 0 Å². The Hall–Kier alpha value is -6.00. The number of aliphatic hydroxyl groups is 2. The van der Waals surface area contributed by atoms with E-state index in [0.717, 1.165) is 65.7 Å². The van der Waals surface area contributed by atoms with E-state index in [1.807, 2.05) is 27.7 Å². The molecule has 0 amide bonds. The molecular formula is C50H36O3. The minimum absolute atomic E-state index is 0.869. The summed E-state index contributed by atoms with van der Waals surface area (Å²) in [6.45, 7) is 7.37. The Morgan fingerprint density at radius 3 is 1.09 bits per heavy atom. The number of fused-ring (bicyclic) bond motifs is 3. The standard InChI is InChI=1S/C50H36O3/c1-49(2,51)35-21-31-7-5-27-9-15-37(41-19-13-33(23-35)45(31)47(27)41)29-11-17-39-40-18-12-30(26-44(40)53-43(39)25-29)38-16-10-28-6-8-32-22-36(50(3,4)52)24-34-14-20-42(38)48(28)46(32)34/h5-26,51-52H,1-4H3. The van der Waals surface area contributed by atoms with Gasteiger partial charge in [0.1, 0.15) is 11.2 Å². The highest BCUT2D eigenvalue weighted by atomic mass is 16.3. The van der Waals surface area contributed by atoms with Crippen molar-refractivity contribution >= 4 is 86.6 Å². The molecule has 0 unspecified atom stereocenters. The monoisotopic (exact) mass is 684 g/mol. The summed E-state index contributed by atoms with van der Waals surface area (Å²) in [7, 11) is 0. The average Bonchev–Trinajstić information content (AvgIpc) is 3.52. The highest BCUT2D eigenvalue weighted by Crippen LogP contribution is 2.44. The van der Waals surface area contributed by atoms with Crippen LogP contribution in [-0.2, 0) is 11.2 Å². The lowest BCUT2D eigenvalue weighted by atomic mass is 9.87. The van der Waals surface area contributed by atoms with Gasteiger partial charge in [-0.3, -0.25) is 0 Å². The van der Waals surface area contributed by atoms with Gasteiger partial charge in [-0.15, -0.1) is 0 Å². The van der Waals surface area contributed by atoms with Gasteiger partial charge in [0.05, 0.1) is 11.2 Å². The lowest BCUT2D eigenvalue weighted by molar-refractivity contribution is 0.0783. The Balaban J connectivity index is 1.04. The zero-order valence-electron chi connectivity index (χ0n) is 30.0. The summed E-state index contributed by atoms with van der Waals surface area (Å²) in [5.74, 6) is 0. The molecule has 10 aromatic carbocycles. The smallest absolute Gasteiger partial charge is 0.136 e. The molecule has 0 aliphatic carbocycles. The lowest BCUT2D eigenvalue weighted by Crippen LogP contribution is -2.15. The highest BCUT2D eigenvalue weighted by Gasteiger charge is 2.22. The van der Waals surface area contributed by atoms with Crippen molar-refractivity contribution in [1.82, 2.24) is 0 Å². The number of hydrogen-bond acceptors (Lipinski definition) is 3. The predicted octanol–water partition coefficient (Wildman–Crippen LogP) is 13.2. The predicted molar refractivity (Wildman–Crippen MR) is 222 cm³/mol. The molecule has 0 aliphatic heterocycles. The lowest BCUT2D eigenvalue weighted by Gasteiger charge is -2.21. The topological polar surface area (TPSA) is 53.6 Å². The van der Waals surface area contributed by atoms with Gasteiger partial charge in [-0.25, -0.2) is 0 Å². The molecule has 0 spiro atoms. The molecule has 0 saturated heterocycles. The third-order valence-corrected chi connectivity index (χ3v) is 11.7. The molecule has 0 bridgehead atoms. The molecule has 254 valence electrons. The number of hydrogen-bond donors (Lipinski definition) is 2. The van der Waals surface area contributed by atoms with E-state index < -0.39 is 11.2 Å². The Morgan fingerprint density at radius 2 is 0.698 bits per heavy atom. The van der Waals surface area contributed by atoms with E-state index in [-0.39, 0.29) is 0 Å². The van der Waals surface area contributed by atoms with Gasteiger partial charge < -0.3 is 14.6 Å². The number of furan rings is 1. The molecule has 0 fully saturated rings. The van der Waals surface area contributed by atoms with E-state index in [4.69, 9.17) is 4.42 Å². The van der Waals surface area contributed by atoms with Crippen LogP contribution >= 0.6 is 0 Å². The van der Waals surface area contributed by atoms with Crippen molar-refractivity contribution in [3.05, 3.63) is 145 Å². The van der Waals surface area contributed by atoms with Crippen LogP contribution in [-0.4, -0.2) is 10.2 Å². The number of rotatable bonds is 4. The summed E-state index contributed by atoms with van der Waals surface area (Å²) >= 11 is 0. The maximum atomic E-state index is 10.8. The molecular weight excluding hydrogens is 649 g/mol. The van der Waals surface area contributed by atoms with Gasteiger partial charge in [-0.2, -0.15) is 0 Å². The van der Waals surface area contributed by atoms with Crippen LogP contribution in [0.15, 0.2) is 138 Å². The molecule has 1 heterocycles. The first-order valence-electron chi connectivity index (χ1n) is 18.4. The molecule has 53 heavy (non-hydrogen) atoms. The van der Waals surface area contributed by atoms with Crippen molar-refractivity contribution in [1.29, 1.82) is 0 Å². The second-order valence-electron chi connectivity index (χ2n) is 16.0. The van der Waals surface area contributed by atoms with E-state index in [1.54, 1.807) is 0 Å². The van der Waals surface area contributed by atoms with Gasteiger partial charge in [0, 0.05) is 10.8 Å². The quantitative estimate of drug-likeness (QED) is 0.181. The van der Waals surface area contributed by atoms with Crippen molar-refractivity contribution in [3.8, 4) is 22.3 Å². The Bertz CT molecular complexity index is 3040. The van der Waals surface area contributed by atoms with Crippen LogP contribution in [0.2, 0.25) is 0 Å². The van der Waals surface area contributed by atoms with Crippen LogP contribution in [0.1, 0.15) is 38.8 Å². The maximum absolute atomic E-state index is 10.8. The SMILES string of the molecule is CC(C)(O)c1cc2ccc3ccc(-c4ccc5c(c4)oc4cc(-c6ccc7ccc8cc(C(C)(C)O)cc9ccc6c7c89)ccc45)c4ccc(c1)c2c34. The van der Waals surface area contributed by atoms with E-state index in [1.165, 1.54) is 54.2 Å². The summed E-state index contributed by atoms with van der Waals surface area (Å²) in [4.78, 5) is 0. The third-order valence-electron chi connectivity index (χ3n) is 11.7. The zero-order chi connectivity index (χ0) is 36.0. The molecule has 1 aromatic heterocycles. The highest BCUT2D eigenvalue weighted by molar-refractivity contribution is 6.27. The maximum Gasteiger partial charge on any atom is 0.136 e. The van der Waals surface area contributed by atoms with Gasteiger partial charge in [0.15, 0.2) is 0 Å². The Labute approximate surface area is 306 Å². The summed E-state index contributed by atoms with van der Waals surface area (Å²) in [6, 6.07) is 48.2. The molecule has 11 rings (SSSR count). The second kappa shape index (κ2) is 10.3. The van der Waals surface area contributed by atoms with Crippen molar-refractivity contribution in [3.63, 3.8) is 0 Å². The minimum Gasteiger partial charge on any atom is -0.456 e. The molecule has 0 radical (unpaired) electrons.